The van der Waals surface area contributed by atoms with E-state index < -0.39 is 0 Å². The number of nitrogens with zero attached hydrogens (tertiary/aromatic N) is 1. The van der Waals surface area contributed by atoms with Crippen molar-refractivity contribution in [3.05, 3.63) is 26.9 Å². The molecule has 0 unspecified atom stereocenters. The van der Waals surface area contributed by atoms with E-state index in [4.69, 9.17) is 4.98 Å². The van der Waals surface area contributed by atoms with Crippen molar-refractivity contribution in [2.45, 2.75) is 53.0 Å². The molecule has 4 heteroatoms. The summed E-state index contributed by atoms with van der Waals surface area (Å²) in [6.45, 7) is 13.1. The minimum atomic E-state index is 0.0991. The van der Waals surface area contributed by atoms with Gasteiger partial charge in [0.05, 0.1) is 5.69 Å². The molecular formula is C16H24N2S2. The highest BCUT2D eigenvalue weighted by Gasteiger charge is 2.24. The first-order chi connectivity index (χ1) is 9.43. The highest BCUT2D eigenvalue weighted by Crippen LogP contribution is 2.36. The van der Waals surface area contributed by atoms with Crippen LogP contribution < -0.4 is 5.32 Å². The molecule has 0 aliphatic carbocycles. The molecule has 0 aromatic carbocycles. The van der Waals surface area contributed by atoms with Gasteiger partial charge in [0, 0.05) is 27.8 Å². The topological polar surface area (TPSA) is 24.9 Å². The summed E-state index contributed by atoms with van der Waals surface area (Å²) in [4.78, 5) is 6.33. The molecule has 0 saturated carbocycles. The van der Waals surface area contributed by atoms with E-state index in [1.165, 1.54) is 33.1 Å². The smallest absolute Gasteiger partial charge is 0.125 e. The third kappa shape index (κ3) is 3.48. The van der Waals surface area contributed by atoms with Crippen LogP contribution in [0.3, 0.4) is 0 Å². The van der Waals surface area contributed by atoms with Gasteiger partial charge in [-0.3, -0.25) is 0 Å². The summed E-state index contributed by atoms with van der Waals surface area (Å²) in [6, 6.07) is 0. The zero-order valence-electron chi connectivity index (χ0n) is 13.0. The summed E-state index contributed by atoms with van der Waals surface area (Å²) in [5.74, 6) is 0. The SMILES string of the molecule is CCCNCc1sc(-c2cscc2C)nc1C(C)(C)C. The van der Waals surface area contributed by atoms with Gasteiger partial charge in [0.2, 0.25) is 0 Å². The van der Waals surface area contributed by atoms with Gasteiger partial charge in [-0.25, -0.2) is 4.98 Å². The Kier molecular flexibility index (Phi) is 4.99. The lowest BCUT2D eigenvalue weighted by Gasteiger charge is -2.17. The van der Waals surface area contributed by atoms with Gasteiger partial charge in [-0.1, -0.05) is 27.7 Å². The van der Waals surface area contributed by atoms with Crippen LogP contribution in [-0.2, 0) is 12.0 Å². The summed E-state index contributed by atoms with van der Waals surface area (Å²) in [5, 5.41) is 9.09. The lowest BCUT2D eigenvalue weighted by atomic mass is 9.91. The summed E-state index contributed by atoms with van der Waals surface area (Å²) in [7, 11) is 0. The number of thiazole rings is 1. The number of nitrogens with one attached hydrogen (secondary N) is 1. The van der Waals surface area contributed by atoms with E-state index >= 15 is 0 Å². The van der Waals surface area contributed by atoms with Crippen molar-refractivity contribution >= 4 is 22.7 Å². The Balaban J connectivity index is 2.34. The monoisotopic (exact) mass is 308 g/mol. The molecule has 2 heterocycles. The molecule has 0 bridgehead atoms. The molecule has 2 nitrogen and oxygen atoms in total. The second-order valence-corrected chi connectivity index (χ2v) is 8.01. The maximum absolute atomic E-state index is 4.95. The summed E-state index contributed by atoms with van der Waals surface area (Å²) in [6.07, 6.45) is 1.17. The first-order valence-electron chi connectivity index (χ1n) is 7.17. The van der Waals surface area contributed by atoms with E-state index in [2.05, 4.69) is 50.7 Å². The van der Waals surface area contributed by atoms with E-state index in [1.54, 1.807) is 11.3 Å². The molecule has 20 heavy (non-hydrogen) atoms. The predicted molar refractivity (Wildman–Crippen MR) is 90.9 cm³/mol. The van der Waals surface area contributed by atoms with Crippen LogP contribution in [0.25, 0.3) is 10.6 Å². The first kappa shape index (κ1) is 15.7. The van der Waals surface area contributed by atoms with Gasteiger partial charge in [-0.15, -0.1) is 11.3 Å². The van der Waals surface area contributed by atoms with E-state index in [0.29, 0.717) is 0 Å². The van der Waals surface area contributed by atoms with Gasteiger partial charge in [-0.05, 0) is 30.8 Å². The summed E-state index contributed by atoms with van der Waals surface area (Å²) < 4.78 is 0. The molecule has 2 rings (SSSR count). The van der Waals surface area contributed by atoms with Crippen LogP contribution in [0.5, 0.6) is 0 Å². The van der Waals surface area contributed by atoms with Crippen LogP contribution >= 0.6 is 22.7 Å². The van der Waals surface area contributed by atoms with E-state index in [9.17, 15) is 0 Å². The number of thiophene rings is 1. The zero-order chi connectivity index (χ0) is 14.8. The quantitative estimate of drug-likeness (QED) is 0.788. The second-order valence-electron chi connectivity index (χ2n) is 6.19. The van der Waals surface area contributed by atoms with Crippen LogP contribution in [0.4, 0.5) is 0 Å². The van der Waals surface area contributed by atoms with Crippen molar-refractivity contribution in [2.24, 2.45) is 0 Å². The molecule has 1 N–H and O–H groups in total. The number of hydrogen-bond acceptors (Lipinski definition) is 4. The largest absolute Gasteiger partial charge is 0.312 e. The highest BCUT2D eigenvalue weighted by molar-refractivity contribution is 7.15. The summed E-state index contributed by atoms with van der Waals surface area (Å²) in [5.41, 5.74) is 3.97. The fourth-order valence-corrected chi connectivity index (χ4v) is 4.36. The highest BCUT2D eigenvalue weighted by atomic mass is 32.1. The molecule has 0 atom stereocenters. The van der Waals surface area contributed by atoms with Crippen LogP contribution in [0.1, 0.15) is 50.3 Å². The van der Waals surface area contributed by atoms with Crippen LogP contribution in [0.2, 0.25) is 0 Å². The Morgan fingerprint density at radius 3 is 2.55 bits per heavy atom. The van der Waals surface area contributed by atoms with Crippen molar-refractivity contribution in [1.82, 2.24) is 10.3 Å². The van der Waals surface area contributed by atoms with Gasteiger partial charge < -0.3 is 5.32 Å². The lowest BCUT2D eigenvalue weighted by Crippen LogP contribution is -2.19. The number of aromatic nitrogens is 1. The van der Waals surface area contributed by atoms with E-state index in [0.717, 1.165) is 13.1 Å². The van der Waals surface area contributed by atoms with Gasteiger partial charge in [0.15, 0.2) is 0 Å². The lowest BCUT2D eigenvalue weighted by molar-refractivity contribution is 0.559. The Hall–Kier alpha value is -0.710. The average molecular weight is 309 g/mol. The Morgan fingerprint density at radius 1 is 1.25 bits per heavy atom. The fourth-order valence-electron chi connectivity index (χ4n) is 2.13. The molecule has 110 valence electrons. The minimum absolute atomic E-state index is 0.0991. The van der Waals surface area contributed by atoms with E-state index in [1.807, 2.05) is 11.3 Å². The van der Waals surface area contributed by atoms with Gasteiger partial charge >= 0.3 is 0 Å². The Bertz CT molecular complexity index is 561. The first-order valence-corrected chi connectivity index (χ1v) is 8.93. The molecular weight excluding hydrogens is 284 g/mol. The molecule has 0 aliphatic rings. The van der Waals surface area contributed by atoms with Crippen LogP contribution in [0, 0.1) is 6.92 Å². The van der Waals surface area contributed by atoms with Crippen LogP contribution in [-0.4, -0.2) is 11.5 Å². The average Bonchev–Trinajstić information content (AvgIpc) is 2.95. The maximum atomic E-state index is 4.95. The molecule has 2 aromatic rings. The standard InChI is InChI=1S/C16H24N2S2/c1-6-7-17-8-13-14(16(3,4)5)18-15(20-13)12-10-19-9-11(12)2/h9-10,17H,6-8H2,1-5H3. The third-order valence-electron chi connectivity index (χ3n) is 3.21. The third-order valence-corrected chi connectivity index (χ3v) is 5.16. The van der Waals surface area contributed by atoms with Gasteiger partial charge in [0.25, 0.3) is 0 Å². The Morgan fingerprint density at radius 2 is 2.00 bits per heavy atom. The molecule has 0 fully saturated rings. The Labute approximate surface area is 130 Å². The van der Waals surface area contributed by atoms with Gasteiger partial charge in [-0.2, -0.15) is 11.3 Å². The van der Waals surface area contributed by atoms with E-state index in [-0.39, 0.29) is 5.41 Å². The normalized spacial score (nSPS) is 12.1. The van der Waals surface area contributed by atoms with Gasteiger partial charge in [0.1, 0.15) is 5.01 Å². The number of hydrogen-bond donors (Lipinski definition) is 1. The molecule has 0 saturated heterocycles. The van der Waals surface area contributed by atoms with Crippen molar-refractivity contribution in [2.75, 3.05) is 6.54 Å². The zero-order valence-corrected chi connectivity index (χ0v) is 14.7. The van der Waals surface area contributed by atoms with Crippen molar-refractivity contribution in [3.63, 3.8) is 0 Å². The second kappa shape index (κ2) is 6.37. The molecule has 0 aliphatic heterocycles. The molecule has 0 spiro atoms. The predicted octanol–water partition coefficient (Wildman–Crippen LogP) is 4.98. The van der Waals surface area contributed by atoms with Crippen molar-refractivity contribution < 1.29 is 0 Å². The minimum Gasteiger partial charge on any atom is -0.312 e. The molecule has 0 radical (unpaired) electrons. The van der Waals surface area contributed by atoms with Crippen molar-refractivity contribution in [3.8, 4) is 10.6 Å². The molecule has 0 amide bonds. The number of rotatable bonds is 5. The van der Waals surface area contributed by atoms with Crippen LogP contribution in [0.15, 0.2) is 10.8 Å². The summed E-state index contributed by atoms with van der Waals surface area (Å²) >= 11 is 3.60. The molecule has 2 aromatic heterocycles. The fraction of sp³-hybridized carbons (Fsp3) is 0.562. The maximum Gasteiger partial charge on any atom is 0.125 e. The van der Waals surface area contributed by atoms with Crippen molar-refractivity contribution in [1.29, 1.82) is 0 Å². The number of aryl methyl sites for hydroxylation is 1.